The molecule has 0 radical (unpaired) electrons. The summed E-state index contributed by atoms with van der Waals surface area (Å²) in [5, 5.41) is 3.62. The highest BCUT2D eigenvalue weighted by Crippen LogP contribution is 2.39. The van der Waals surface area contributed by atoms with Crippen LogP contribution in [0.25, 0.3) is 0 Å². The van der Waals surface area contributed by atoms with Gasteiger partial charge in [0.05, 0.1) is 12.1 Å². The van der Waals surface area contributed by atoms with E-state index in [0.29, 0.717) is 12.1 Å². The van der Waals surface area contributed by atoms with Gasteiger partial charge in [-0.3, -0.25) is 0 Å². The standard InChI is InChI=1S/C15H19N3/c1-3-16-15-13-7-5-4-6-12(13)10-14(15)18-9-8-17-11(18)2/h4-9,14-16H,3,10H2,1-2H3. The van der Waals surface area contributed by atoms with Gasteiger partial charge in [0.1, 0.15) is 5.82 Å². The molecule has 1 aliphatic rings. The Bertz CT molecular complexity index is 544. The molecule has 0 amide bonds. The summed E-state index contributed by atoms with van der Waals surface area (Å²) in [6.45, 7) is 5.23. The molecule has 0 aliphatic heterocycles. The fraction of sp³-hybridized carbons (Fsp3) is 0.400. The van der Waals surface area contributed by atoms with E-state index in [-0.39, 0.29) is 0 Å². The SMILES string of the molecule is CCNC1c2ccccc2CC1n1ccnc1C. The van der Waals surface area contributed by atoms with Crippen molar-refractivity contribution in [2.45, 2.75) is 32.4 Å². The molecule has 2 aromatic rings. The largest absolute Gasteiger partial charge is 0.330 e. The van der Waals surface area contributed by atoms with Crippen LogP contribution < -0.4 is 5.32 Å². The average molecular weight is 241 g/mol. The Morgan fingerprint density at radius 1 is 1.39 bits per heavy atom. The summed E-state index contributed by atoms with van der Waals surface area (Å²) in [7, 11) is 0. The number of fused-ring (bicyclic) bond motifs is 1. The first-order chi connectivity index (χ1) is 8.81. The molecule has 3 heteroatoms. The van der Waals surface area contributed by atoms with E-state index < -0.39 is 0 Å². The van der Waals surface area contributed by atoms with Crippen molar-refractivity contribution in [2.75, 3.05) is 6.54 Å². The van der Waals surface area contributed by atoms with E-state index >= 15 is 0 Å². The lowest BCUT2D eigenvalue weighted by Gasteiger charge is -2.23. The molecule has 1 aromatic heterocycles. The van der Waals surface area contributed by atoms with Crippen LogP contribution in [0.4, 0.5) is 0 Å². The van der Waals surface area contributed by atoms with Crippen molar-refractivity contribution in [3.63, 3.8) is 0 Å². The Morgan fingerprint density at radius 3 is 2.94 bits per heavy atom. The summed E-state index contributed by atoms with van der Waals surface area (Å²) < 4.78 is 2.30. The van der Waals surface area contributed by atoms with Crippen molar-refractivity contribution in [3.05, 3.63) is 53.6 Å². The van der Waals surface area contributed by atoms with Gasteiger partial charge in [-0.2, -0.15) is 0 Å². The molecule has 1 aromatic carbocycles. The number of nitrogens with one attached hydrogen (secondary N) is 1. The highest BCUT2D eigenvalue weighted by Gasteiger charge is 2.33. The van der Waals surface area contributed by atoms with Gasteiger partial charge in [0.15, 0.2) is 0 Å². The van der Waals surface area contributed by atoms with Crippen molar-refractivity contribution in [1.29, 1.82) is 0 Å². The fourth-order valence-corrected chi connectivity index (χ4v) is 3.04. The third kappa shape index (κ3) is 1.75. The number of hydrogen-bond acceptors (Lipinski definition) is 2. The Kier molecular flexibility index (Phi) is 2.92. The lowest BCUT2D eigenvalue weighted by Crippen LogP contribution is -2.27. The summed E-state index contributed by atoms with van der Waals surface area (Å²) in [5.41, 5.74) is 2.90. The minimum atomic E-state index is 0.402. The molecule has 0 bridgehead atoms. The average Bonchev–Trinajstić information content (AvgIpc) is 2.94. The molecule has 0 saturated heterocycles. The molecule has 1 heterocycles. The fourth-order valence-electron chi connectivity index (χ4n) is 3.04. The number of hydrogen-bond donors (Lipinski definition) is 1. The highest BCUT2D eigenvalue weighted by molar-refractivity contribution is 5.36. The van der Waals surface area contributed by atoms with Crippen LogP contribution in [0.5, 0.6) is 0 Å². The zero-order chi connectivity index (χ0) is 12.5. The van der Waals surface area contributed by atoms with Gasteiger partial charge in [-0.15, -0.1) is 0 Å². The van der Waals surface area contributed by atoms with Gasteiger partial charge in [-0.25, -0.2) is 4.98 Å². The maximum Gasteiger partial charge on any atom is 0.105 e. The molecular formula is C15H19N3. The number of aryl methyl sites for hydroxylation is 1. The predicted molar refractivity (Wildman–Crippen MR) is 72.6 cm³/mol. The van der Waals surface area contributed by atoms with Crippen LogP contribution in [0.15, 0.2) is 36.7 Å². The van der Waals surface area contributed by atoms with Crippen molar-refractivity contribution in [3.8, 4) is 0 Å². The van der Waals surface area contributed by atoms with Crippen molar-refractivity contribution in [1.82, 2.24) is 14.9 Å². The molecule has 0 spiro atoms. The van der Waals surface area contributed by atoms with E-state index in [1.807, 2.05) is 6.20 Å². The quantitative estimate of drug-likeness (QED) is 0.895. The number of benzene rings is 1. The molecule has 1 N–H and O–H groups in total. The number of aromatic nitrogens is 2. The first-order valence-corrected chi connectivity index (χ1v) is 6.62. The molecule has 3 rings (SSSR count). The second kappa shape index (κ2) is 4.58. The second-order valence-corrected chi connectivity index (χ2v) is 4.89. The molecule has 0 saturated carbocycles. The number of likely N-dealkylation sites (N-methyl/N-ethyl adjacent to an activating group) is 1. The third-order valence-corrected chi connectivity index (χ3v) is 3.85. The Hall–Kier alpha value is -1.61. The third-order valence-electron chi connectivity index (χ3n) is 3.85. The first-order valence-electron chi connectivity index (χ1n) is 6.62. The van der Waals surface area contributed by atoms with Crippen LogP contribution >= 0.6 is 0 Å². The Morgan fingerprint density at radius 2 is 2.22 bits per heavy atom. The second-order valence-electron chi connectivity index (χ2n) is 4.89. The number of imidazole rings is 1. The zero-order valence-corrected chi connectivity index (χ0v) is 10.9. The minimum absolute atomic E-state index is 0.402. The van der Waals surface area contributed by atoms with Crippen molar-refractivity contribution in [2.24, 2.45) is 0 Å². The summed E-state index contributed by atoms with van der Waals surface area (Å²) in [4.78, 5) is 4.35. The van der Waals surface area contributed by atoms with Gasteiger partial charge < -0.3 is 9.88 Å². The Labute approximate surface area is 108 Å². The van der Waals surface area contributed by atoms with Gasteiger partial charge in [0.2, 0.25) is 0 Å². The maximum absolute atomic E-state index is 4.35. The zero-order valence-electron chi connectivity index (χ0n) is 10.9. The molecular weight excluding hydrogens is 222 g/mol. The number of nitrogens with zero attached hydrogens (tertiary/aromatic N) is 2. The van der Waals surface area contributed by atoms with Crippen LogP contribution in [0.3, 0.4) is 0 Å². The van der Waals surface area contributed by atoms with E-state index in [0.717, 1.165) is 18.8 Å². The Balaban J connectivity index is 2.00. The van der Waals surface area contributed by atoms with E-state index in [4.69, 9.17) is 0 Å². The molecule has 2 unspecified atom stereocenters. The van der Waals surface area contributed by atoms with Crippen molar-refractivity contribution < 1.29 is 0 Å². The van der Waals surface area contributed by atoms with E-state index in [9.17, 15) is 0 Å². The molecule has 0 fully saturated rings. The van der Waals surface area contributed by atoms with E-state index in [1.165, 1.54) is 11.1 Å². The maximum atomic E-state index is 4.35. The van der Waals surface area contributed by atoms with Crippen LogP contribution in [0, 0.1) is 6.92 Å². The molecule has 2 atom stereocenters. The first kappa shape index (κ1) is 11.5. The summed E-state index contributed by atoms with van der Waals surface area (Å²) in [5.74, 6) is 1.09. The van der Waals surface area contributed by atoms with Gasteiger partial charge in [0.25, 0.3) is 0 Å². The summed E-state index contributed by atoms with van der Waals surface area (Å²) >= 11 is 0. The minimum Gasteiger partial charge on any atom is -0.330 e. The lowest BCUT2D eigenvalue weighted by molar-refractivity contribution is 0.381. The molecule has 18 heavy (non-hydrogen) atoms. The summed E-state index contributed by atoms with van der Waals surface area (Å²) in [6.07, 6.45) is 5.07. The molecule has 94 valence electrons. The molecule has 1 aliphatic carbocycles. The van der Waals surface area contributed by atoms with Crippen LogP contribution in [-0.4, -0.2) is 16.1 Å². The van der Waals surface area contributed by atoms with Crippen molar-refractivity contribution >= 4 is 0 Å². The van der Waals surface area contributed by atoms with Gasteiger partial charge in [-0.05, 0) is 31.0 Å². The lowest BCUT2D eigenvalue weighted by atomic mass is 10.1. The summed E-state index contributed by atoms with van der Waals surface area (Å²) in [6, 6.07) is 9.60. The number of rotatable bonds is 3. The predicted octanol–water partition coefficient (Wildman–Crippen LogP) is 2.64. The monoisotopic (exact) mass is 241 g/mol. The topological polar surface area (TPSA) is 29.9 Å². The van der Waals surface area contributed by atoms with Gasteiger partial charge in [-0.1, -0.05) is 31.2 Å². The van der Waals surface area contributed by atoms with Crippen LogP contribution in [0.2, 0.25) is 0 Å². The van der Waals surface area contributed by atoms with Crippen LogP contribution in [-0.2, 0) is 6.42 Å². The van der Waals surface area contributed by atoms with E-state index in [1.54, 1.807) is 0 Å². The normalized spacial score (nSPS) is 22.1. The van der Waals surface area contributed by atoms with E-state index in [2.05, 4.69) is 59.2 Å². The smallest absolute Gasteiger partial charge is 0.105 e. The highest BCUT2D eigenvalue weighted by atomic mass is 15.1. The van der Waals surface area contributed by atoms with Gasteiger partial charge >= 0.3 is 0 Å². The van der Waals surface area contributed by atoms with Crippen LogP contribution in [0.1, 0.15) is 36.0 Å². The molecule has 3 nitrogen and oxygen atoms in total. The van der Waals surface area contributed by atoms with Gasteiger partial charge in [0, 0.05) is 12.4 Å².